The molecule has 0 aliphatic carbocycles. The zero-order chi connectivity index (χ0) is 16.1. The summed E-state index contributed by atoms with van der Waals surface area (Å²) in [6.45, 7) is 9.21. The predicted molar refractivity (Wildman–Crippen MR) is 92.3 cm³/mol. The summed E-state index contributed by atoms with van der Waals surface area (Å²) in [5.41, 5.74) is 2.09. The van der Waals surface area contributed by atoms with Crippen molar-refractivity contribution in [1.29, 1.82) is 0 Å². The van der Waals surface area contributed by atoms with Crippen LogP contribution in [-0.2, 0) is 4.79 Å². The smallest absolute Gasteiger partial charge is 0.250 e. The molecule has 1 unspecified atom stereocenters. The Bertz CT molecular complexity index is 627. The first-order valence-electron chi connectivity index (χ1n) is 8.59. The number of anilines is 3. The maximum Gasteiger partial charge on any atom is 0.250 e. The van der Waals surface area contributed by atoms with Crippen molar-refractivity contribution in [2.45, 2.75) is 32.4 Å². The molecular weight excluding hydrogens is 290 g/mol. The second-order valence-electron chi connectivity index (χ2n) is 7.07. The van der Waals surface area contributed by atoms with Crippen LogP contribution in [0.1, 0.15) is 20.3 Å². The standard InChI is InChI=1S/C17H25N5O/c1-12(2)21-7-8-22-15(11-21)17(23)19(3)14-9-13(10-18-16(14)22)20-5-4-6-20/h9-10,12,15H,4-8,11H2,1-3H3. The van der Waals surface area contributed by atoms with Gasteiger partial charge in [-0.25, -0.2) is 4.98 Å². The lowest BCUT2D eigenvalue weighted by Gasteiger charge is -2.47. The fourth-order valence-electron chi connectivity index (χ4n) is 3.73. The number of carbonyl (C=O) groups is 1. The van der Waals surface area contributed by atoms with Gasteiger partial charge in [-0.05, 0) is 26.3 Å². The van der Waals surface area contributed by atoms with E-state index in [1.165, 1.54) is 6.42 Å². The van der Waals surface area contributed by atoms with Gasteiger partial charge in [-0.15, -0.1) is 0 Å². The maximum atomic E-state index is 12.9. The Morgan fingerprint density at radius 2 is 2.00 bits per heavy atom. The van der Waals surface area contributed by atoms with Crippen LogP contribution in [0.15, 0.2) is 12.3 Å². The first kappa shape index (κ1) is 14.8. The van der Waals surface area contributed by atoms with Gasteiger partial charge in [0.05, 0.1) is 17.6 Å². The quantitative estimate of drug-likeness (QED) is 0.819. The molecule has 0 bridgehead atoms. The predicted octanol–water partition coefficient (Wildman–Crippen LogP) is 1.17. The van der Waals surface area contributed by atoms with Crippen molar-refractivity contribution in [3.05, 3.63) is 12.3 Å². The first-order chi connectivity index (χ1) is 11.1. The van der Waals surface area contributed by atoms with Crippen molar-refractivity contribution in [2.24, 2.45) is 0 Å². The topological polar surface area (TPSA) is 42.9 Å². The van der Waals surface area contributed by atoms with Gasteiger partial charge in [-0.1, -0.05) is 0 Å². The van der Waals surface area contributed by atoms with E-state index >= 15 is 0 Å². The van der Waals surface area contributed by atoms with E-state index in [9.17, 15) is 4.79 Å². The molecule has 6 nitrogen and oxygen atoms in total. The van der Waals surface area contributed by atoms with E-state index in [-0.39, 0.29) is 11.9 Å². The lowest BCUT2D eigenvalue weighted by molar-refractivity contribution is -0.121. The van der Waals surface area contributed by atoms with Gasteiger partial charge in [-0.3, -0.25) is 9.69 Å². The van der Waals surface area contributed by atoms with Crippen LogP contribution in [0, 0.1) is 0 Å². The average molecular weight is 315 g/mol. The number of hydrogen-bond acceptors (Lipinski definition) is 5. The van der Waals surface area contributed by atoms with Crippen LogP contribution in [0.2, 0.25) is 0 Å². The zero-order valence-electron chi connectivity index (χ0n) is 14.2. The minimum Gasteiger partial charge on any atom is -0.370 e. The Labute approximate surface area is 137 Å². The van der Waals surface area contributed by atoms with E-state index in [0.717, 1.165) is 49.9 Å². The Kier molecular flexibility index (Phi) is 3.44. The monoisotopic (exact) mass is 315 g/mol. The molecule has 0 radical (unpaired) electrons. The molecule has 6 heteroatoms. The number of pyridine rings is 1. The van der Waals surface area contributed by atoms with E-state index in [4.69, 9.17) is 4.98 Å². The molecule has 2 fully saturated rings. The fraction of sp³-hybridized carbons (Fsp3) is 0.647. The molecule has 1 atom stereocenters. The highest BCUT2D eigenvalue weighted by molar-refractivity contribution is 6.05. The zero-order valence-corrected chi connectivity index (χ0v) is 14.2. The van der Waals surface area contributed by atoms with Crippen LogP contribution in [0.4, 0.5) is 17.2 Å². The Balaban J connectivity index is 1.67. The van der Waals surface area contributed by atoms with Crippen molar-refractivity contribution >= 4 is 23.1 Å². The van der Waals surface area contributed by atoms with Crippen molar-refractivity contribution in [3.63, 3.8) is 0 Å². The molecule has 4 heterocycles. The molecule has 1 aromatic rings. The van der Waals surface area contributed by atoms with Crippen LogP contribution in [0.5, 0.6) is 0 Å². The number of rotatable bonds is 2. The molecule has 23 heavy (non-hydrogen) atoms. The molecule has 1 aromatic heterocycles. The Morgan fingerprint density at radius 3 is 2.65 bits per heavy atom. The van der Waals surface area contributed by atoms with E-state index in [0.29, 0.717) is 6.04 Å². The fourth-order valence-corrected chi connectivity index (χ4v) is 3.73. The number of fused-ring (bicyclic) bond motifs is 3. The summed E-state index contributed by atoms with van der Waals surface area (Å²) < 4.78 is 0. The van der Waals surface area contributed by atoms with Crippen LogP contribution in [0.3, 0.4) is 0 Å². The molecule has 1 amide bonds. The second-order valence-corrected chi connectivity index (χ2v) is 7.07. The summed E-state index contributed by atoms with van der Waals surface area (Å²) in [5.74, 6) is 1.15. The van der Waals surface area contributed by atoms with Crippen LogP contribution >= 0.6 is 0 Å². The van der Waals surface area contributed by atoms with Crippen LogP contribution in [0.25, 0.3) is 0 Å². The van der Waals surface area contributed by atoms with E-state index in [1.807, 2.05) is 13.2 Å². The van der Waals surface area contributed by atoms with Crippen molar-refractivity contribution in [2.75, 3.05) is 54.5 Å². The lowest BCUT2D eigenvalue weighted by Crippen LogP contribution is -2.63. The minimum atomic E-state index is -0.106. The molecule has 0 saturated carbocycles. The van der Waals surface area contributed by atoms with Crippen LogP contribution < -0.4 is 14.7 Å². The van der Waals surface area contributed by atoms with Gasteiger partial charge >= 0.3 is 0 Å². The third-order valence-electron chi connectivity index (χ3n) is 5.45. The third kappa shape index (κ3) is 2.27. The molecule has 3 aliphatic heterocycles. The van der Waals surface area contributed by atoms with Gasteiger partial charge < -0.3 is 14.7 Å². The average Bonchev–Trinajstić information content (AvgIpc) is 2.50. The number of amides is 1. The third-order valence-corrected chi connectivity index (χ3v) is 5.45. The number of hydrogen-bond donors (Lipinski definition) is 0. The number of piperazine rings is 1. The van der Waals surface area contributed by atoms with Gasteiger partial charge in [0, 0.05) is 45.8 Å². The summed E-state index contributed by atoms with van der Waals surface area (Å²) in [6.07, 6.45) is 3.21. The summed E-state index contributed by atoms with van der Waals surface area (Å²) in [5, 5.41) is 0. The van der Waals surface area contributed by atoms with Gasteiger partial charge in [0.1, 0.15) is 6.04 Å². The van der Waals surface area contributed by atoms with Gasteiger partial charge in [-0.2, -0.15) is 0 Å². The largest absolute Gasteiger partial charge is 0.370 e. The van der Waals surface area contributed by atoms with Crippen molar-refractivity contribution < 1.29 is 4.79 Å². The molecule has 0 spiro atoms. The maximum absolute atomic E-state index is 12.9. The molecule has 0 aromatic carbocycles. The SMILES string of the molecule is CC(C)N1CCN2c3ncc(N4CCC4)cc3N(C)C(=O)C2C1. The highest BCUT2D eigenvalue weighted by atomic mass is 16.2. The lowest BCUT2D eigenvalue weighted by atomic mass is 10.0. The highest BCUT2D eigenvalue weighted by Crippen LogP contribution is 2.38. The Hall–Kier alpha value is -1.82. The first-order valence-corrected chi connectivity index (χ1v) is 8.59. The molecular formula is C17H25N5O. The van der Waals surface area contributed by atoms with Crippen molar-refractivity contribution in [3.8, 4) is 0 Å². The summed E-state index contributed by atoms with van der Waals surface area (Å²) >= 11 is 0. The number of nitrogens with zero attached hydrogens (tertiary/aromatic N) is 5. The molecule has 124 valence electrons. The minimum absolute atomic E-state index is 0.106. The number of carbonyl (C=O) groups excluding carboxylic acids is 1. The molecule has 4 rings (SSSR count). The highest BCUT2D eigenvalue weighted by Gasteiger charge is 2.41. The molecule has 0 N–H and O–H groups in total. The molecule has 2 saturated heterocycles. The molecule has 3 aliphatic rings. The van der Waals surface area contributed by atoms with E-state index in [2.05, 4.69) is 34.6 Å². The number of likely N-dealkylation sites (N-methyl/N-ethyl adjacent to an activating group) is 1. The van der Waals surface area contributed by atoms with Crippen molar-refractivity contribution in [1.82, 2.24) is 9.88 Å². The van der Waals surface area contributed by atoms with Gasteiger partial charge in [0.15, 0.2) is 5.82 Å². The summed E-state index contributed by atoms with van der Waals surface area (Å²) in [4.78, 5) is 26.3. The summed E-state index contributed by atoms with van der Waals surface area (Å²) in [6, 6.07) is 2.49. The van der Waals surface area contributed by atoms with Crippen LogP contribution in [-0.4, -0.2) is 67.6 Å². The second kappa shape index (κ2) is 5.37. The summed E-state index contributed by atoms with van der Waals surface area (Å²) in [7, 11) is 1.88. The van der Waals surface area contributed by atoms with Gasteiger partial charge in [0.25, 0.3) is 5.91 Å². The number of aromatic nitrogens is 1. The van der Waals surface area contributed by atoms with E-state index < -0.39 is 0 Å². The van der Waals surface area contributed by atoms with E-state index in [1.54, 1.807) is 4.90 Å². The Morgan fingerprint density at radius 1 is 1.22 bits per heavy atom. The van der Waals surface area contributed by atoms with Gasteiger partial charge in [0.2, 0.25) is 0 Å². The normalized spacial score (nSPS) is 24.6.